The molecule has 0 saturated carbocycles. The molecule has 2 aliphatic heterocycles. The average Bonchev–Trinajstić information content (AvgIpc) is 1.34. The molecule has 47 heteroatoms. The first kappa shape index (κ1) is 108. The molecule has 3 heterocycles. The van der Waals surface area contributed by atoms with E-state index in [1.807, 2.05) is 61.5 Å². The van der Waals surface area contributed by atoms with Gasteiger partial charge in [0.05, 0.1) is 130 Å². The van der Waals surface area contributed by atoms with Crippen LogP contribution in [0.2, 0.25) is 5.02 Å². The van der Waals surface area contributed by atoms with Gasteiger partial charge in [-0.15, -0.1) is 12.6 Å². The van der Waals surface area contributed by atoms with E-state index in [0.717, 1.165) is 118 Å². The normalized spacial score (nSPS) is 10.7. The van der Waals surface area contributed by atoms with E-state index in [1.165, 1.54) is 84.0 Å². The zero-order chi connectivity index (χ0) is 95.4. The summed E-state index contributed by atoms with van der Waals surface area (Å²) in [6, 6.07) is 52.0. The van der Waals surface area contributed by atoms with Crippen molar-refractivity contribution in [2.24, 2.45) is 0 Å². The maximum absolute atomic E-state index is 12.8. The summed E-state index contributed by atoms with van der Waals surface area (Å²) in [6.07, 6.45) is 0.263. The third-order valence-electron chi connectivity index (χ3n) is 16.7. The average molecular weight is 2020 g/mol. The quantitative estimate of drug-likeness (QED) is 0.0116. The Morgan fingerprint density at radius 1 is 0.496 bits per heavy atom. The number of anilines is 6. The Labute approximate surface area is 792 Å². The molecule has 14 rings (SSSR count). The predicted octanol–water partition coefficient (Wildman–Crippen LogP) is 22.0. The monoisotopic (exact) mass is 2020 g/mol. The molecule has 692 valence electrons. The fraction of sp³-hybridized carbons (Fsp3) is 0.167. The number of thiazole rings is 1. The van der Waals surface area contributed by atoms with Gasteiger partial charge in [0.2, 0.25) is 5.91 Å². The van der Waals surface area contributed by atoms with Gasteiger partial charge in [0.15, 0.2) is 5.13 Å². The largest absolute Gasteiger partial charge is 0.497 e. The first-order valence-electron chi connectivity index (χ1n) is 36.9. The maximum Gasteiger partial charge on any atom is 0.419 e. The number of halogens is 1. The summed E-state index contributed by atoms with van der Waals surface area (Å²) >= 11 is 16.0. The van der Waals surface area contributed by atoms with Crippen LogP contribution in [0.4, 0.5) is 83.9 Å². The second-order valence-electron chi connectivity index (χ2n) is 26.9. The van der Waals surface area contributed by atoms with E-state index in [2.05, 4.69) is 22.9 Å². The summed E-state index contributed by atoms with van der Waals surface area (Å²) < 4.78 is 32.2. The molecule has 0 radical (unpaired) electrons. The number of hydrogen-bond acceptors (Lipinski definition) is 35. The van der Waals surface area contributed by atoms with E-state index in [4.69, 9.17) is 62.3 Å². The number of benzene rings is 11. The van der Waals surface area contributed by atoms with Gasteiger partial charge >= 0.3 is 6.09 Å². The van der Waals surface area contributed by atoms with E-state index in [-0.39, 0.29) is 89.3 Å². The number of nitro groups is 8. The van der Waals surface area contributed by atoms with Crippen LogP contribution in [0.1, 0.15) is 51.3 Å². The number of amides is 2. The molecule has 2 aliphatic rings. The first-order valence-corrected chi connectivity index (χ1v) is 41.8. The van der Waals surface area contributed by atoms with Crippen molar-refractivity contribution >= 4 is 184 Å². The summed E-state index contributed by atoms with van der Waals surface area (Å²) in [4.78, 5) is 117. The fourth-order valence-corrected chi connectivity index (χ4v) is 16.2. The molecule has 0 atom stereocenters. The summed E-state index contributed by atoms with van der Waals surface area (Å²) in [7, 11) is 7.91. The molecule has 39 nitrogen and oxygen atoms in total. The van der Waals surface area contributed by atoms with Crippen molar-refractivity contribution < 1.29 is 103 Å². The number of hydrogen-bond donors (Lipinski definition) is 6. The number of ether oxygens (including phenoxy) is 6. The molecule has 0 fully saturated rings. The molecule has 0 aliphatic carbocycles. The van der Waals surface area contributed by atoms with Gasteiger partial charge in [-0.3, -0.25) is 85.7 Å². The smallest absolute Gasteiger partial charge is 0.419 e. The molecular weight excluding hydrogens is 1940 g/mol. The number of aliphatic hydroxyl groups excluding tert-OH is 1. The molecule has 0 spiro atoms. The topological polar surface area (TPSA) is 561 Å². The third-order valence-corrected chi connectivity index (χ3v) is 22.8. The van der Waals surface area contributed by atoms with Gasteiger partial charge in [-0.2, -0.15) is 0 Å². The summed E-state index contributed by atoms with van der Waals surface area (Å²) in [5, 5.41) is 97.0. The van der Waals surface area contributed by atoms with E-state index < -0.39 is 57.5 Å². The molecule has 12 aromatic rings. The van der Waals surface area contributed by atoms with Crippen LogP contribution in [-0.2, 0) is 36.4 Å². The number of non-ortho nitro benzene ring substituents is 5. The number of nitro benzene ring substituents is 8. The van der Waals surface area contributed by atoms with Crippen LogP contribution < -0.4 is 51.1 Å². The number of fused-ring (bicyclic) bond motifs is 5. The van der Waals surface area contributed by atoms with Gasteiger partial charge in [-0.25, -0.2) is 14.7 Å². The first-order chi connectivity index (χ1) is 61.0. The van der Waals surface area contributed by atoms with Crippen LogP contribution in [0.5, 0.6) is 28.7 Å². The van der Waals surface area contributed by atoms with Crippen LogP contribution in [0.15, 0.2) is 244 Å². The number of nitrogen functional groups attached to an aromatic ring is 3. The number of thiol groups is 1. The van der Waals surface area contributed by atoms with Crippen LogP contribution in [0, 0.1) is 95.3 Å². The van der Waals surface area contributed by atoms with Gasteiger partial charge in [0.25, 0.3) is 45.5 Å². The Balaban J connectivity index is 0.000000274. The van der Waals surface area contributed by atoms with E-state index in [0.29, 0.717) is 64.6 Å². The molecule has 131 heavy (non-hydrogen) atoms. The number of aliphatic hydroxyl groups is 1. The number of aryl methyl sites for hydroxylation is 1. The molecule has 11 aromatic carbocycles. The minimum Gasteiger partial charge on any atom is -0.497 e. The van der Waals surface area contributed by atoms with E-state index >= 15 is 0 Å². The minimum absolute atomic E-state index is 0. The van der Waals surface area contributed by atoms with Gasteiger partial charge in [0.1, 0.15) is 39.4 Å². The Morgan fingerprint density at radius 3 is 1.39 bits per heavy atom. The number of aromatic nitrogens is 1. The zero-order valence-corrected chi connectivity index (χ0v) is 78.4. The second kappa shape index (κ2) is 50.3. The van der Waals surface area contributed by atoms with Crippen molar-refractivity contribution in [3.8, 4) is 28.7 Å². The van der Waals surface area contributed by atoms with Crippen molar-refractivity contribution in [2.75, 3.05) is 69.6 Å². The molecule has 8 N–H and O–H groups in total. The Bertz CT molecular complexity index is 6220. The fourth-order valence-electron chi connectivity index (χ4n) is 10.8. The van der Waals surface area contributed by atoms with Gasteiger partial charge in [0, 0.05) is 122 Å². The number of nitrogens with two attached hydrogens (primary N) is 3. The van der Waals surface area contributed by atoms with Crippen molar-refractivity contribution in [2.45, 2.75) is 97.6 Å². The number of nitrogens with one attached hydrogen (secondary N) is 1. The van der Waals surface area contributed by atoms with Gasteiger partial charge in [-0.1, -0.05) is 88.2 Å². The van der Waals surface area contributed by atoms with Crippen molar-refractivity contribution in [3.63, 3.8) is 0 Å². The van der Waals surface area contributed by atoms with Crippen LogP contribution in [0.25, 0.3) is 10.2 Å². The van der Waals surface area contributed by atoms with Crippen molar-refractivity contribution in [1.29, 1.82) is 0 Å². The van der Waals surface area contributed by atoms with Gasteiger partial charge in [-0.05, 0) is 179 Å². The number of nitrogens with zero attached hydrogens (tertiary/aromatic N) is 10. The molecule has 0 saturated heterocycles. The standard InChI is InChI=1S/C18H18N2O5S.C15H13N3O6S.C14H11NO3S.C13H11N3O4S.C8H8N2OS.C7H9NOS.C6H3ClN2O4.C2H6O.CH3.Pd/c1-18(2,3)25-17(21)19-13-7-5-11(20(22)23)9-15(13)26-16-10-12(24-4)6-8-14(16)19;1-9(19)16-12-5-4-11(24-2)8-15(12)25-14-6-3-10(17(20)21)7-13(14)18(22)23;1-18-12-5-3-10-6-9-2-4-11(15(16)17)7-13(9)19-14(10)8-12;1-8-2-4-10(14)13(6-8)21-12-5-3-9(15(17)18)7-11(12)16(19)20;1-11-5-2-3-6-7(4-5)12-8(9)10-6;1-9-5-2-3-6(8)7(10)4-5;7-5-2-1-4(8(10)11)3-6(5)9(12)13;1-2-3;;/h5-10H,1-4H3;3-8H,1-2H3,(H,16,19);2-5,7-8H,6H2,1H3;2-7H,14H2,1H3;2-4H,1H3,(H2,9,10);2-4,10H,8H2,1H3;1-3H;3H,2H2,1H3;1H3;/q;;;;;;;;-1;. The predicted molar refractivity (Wildman–Crippen MR) is 501 cm³/mol. The van der Waals surface area contributed by atoms with Crippen LogP contribution >= 0.6 is 82.6 Å². The van der Waals surface area contributed by atoms with Crippen LogP contribution in [-0.4, -0.2) is 109 Å². The maximum atomic E-state index is 12.8. The molecule has 2 amide bonds. The molecule has 0 unspecified atom stereocenters. The number of rotatable bonds is 18. The van der Waals surface area contributed by atoms with Crippen molar-refractivity contribution in [1.82, 2.24) is 4.98 Å². The molecular formula is C84H82ClN14O25PdS6-. The summed E-state index contributed by atoms with van der Waals surface area (Å²) in [6.45, 7) is 10.5. The molecule has 1 aromatic heterocycles. The third kappa shape index (κ3) is 31.3. The van der Waals surface area contributed by atoms with Gasteiger partial charge < -0.3 is 63.5 Å². The summed E-state index contributed by atoms with van der Waals surface area (Å²) in [5.74, 6) is 3.26. The van der Waals surface area contributed by atoms with E-state index in [1.54, 1.807) is 147 Å². The summed E-state index contributed by atoms with van der Waals surface area (Å²) in [5.41, 5.74) is 21.2. The van der Waals surface area contributed by atoms with E-state index in [9.17, 15) is 90.5 Å². The zero-order valence-electron chi connectivity index (χ0n) is 71.1. The van der Waals surface area contributed by atoms with Crippen molar-refractivity contribution in [3.05, 3.63) is 310 Å². The Morgan fingerprint density at radius 2 is 0.885 bits per heavy atom. The Kier molecular flexibility index (Phi) is 41.4. The van der Waals surface area contributed by atoms with Crippen LogP contribution in [0.3, 0.4) is 0 Å². The SMILES string of the molecule is CCO.COc1ccc(N)c(S)c1.COc1ccc(NC(C)=O)c(Sc2ccc([N+](=O)[O-])cc2[N+](=O)[O-])c1.COc1ccc2c(c1)Sc1cc([N+](=O)[O-])ccc1C2.COc1ccc2c(c1)Sc1cc([N+](=O)[O-])ccc1N2C(=O)OC(C)(C)C.COc1ccc2nc(N)sc2c1.Cc1ccc(N)c(Sc2ccc([N+](=O)[O-])cc2[N+](=O)[O-])c1.O=[N+]([O-])c1ccc(Cl)c([N+](=O)[O-])c1.[CH3-].[Pd]. The molecule has 0 bridgehead atoms. The minimum atomic E-state index is -0.769. The number of carbonyl (C=O) groups is 2. The number of carbonyl (C=O) groups excluding carboxylic acids is 2. The number of methoxy groups -OCH3 is 5. The second-order valence-corrected chi connectivity index (χ2v) is 33.1. The Hall–Kier alpha value is -13.7.